The quantitative estimate of drug-likeness (QED) is 0.936. The van der Waals surface area contributed by atoms with Gasteiger partial charge in [-0.25, -0.2) is 9.97 Å². The third kappa shape index (κ3) is 3.44. The minimum absolute atomic E-state index is 0.103. The van der Waals surface area contributed by atoms with Crippen LogP contribution >= 0.6 is 11.3 Å². The van der Waals surface area contributed by atoms with Crippen LogP contribution in [-0.2, 0) is 12.0 Å². The number of hydrogen-bond donors (Lipinski definition) is 1. The number of rotatable bonds is 3. The van der Waals surface area contributed by atoms with Crippen LogP contribution in [0.4, 0.5) is 11.6 Å². The molecule has 0 fully saturated rings. The highest BCUT2D eigenvalue weighted by Crippen LogP contribution is 2.23. The summed E-state index contributed by atoms with van der Waals surface area (Å²) in [5, 5.41) is 2.08. The van der Waals surface area contributed by atoms with Crippen LogP contribution in [0, 0.1) is 0 Å². The average Bonchev–Trinajstić information content (AvgIpc) is 2.79. The van der Waals surface area contributed by atoms with Gasteiger partial charge in [0.2, 0.25) is 0 Å². The molecule has 2 aromatic heterocycles. The maximum atomic E-state index is 5.89. The van der Waals surface area contributed by atoms with Crippen molar-refractivity contribution in [2.24, 2.45) is 0 Å². The van der Waals surface area contributed by atoms with Gasteiger partial charge >= 0.3 is 0 Å². The normalized spacial score (nSPS) is 11.6. The molecular weight excluding hydrogens is 256 g/mol. The van der Waals surface area contributed by atoms with Crippen LogP contribution in [0.1, 0.15) is 31.5 Å². The molecule has 0 atom stereocenters. The SMILES string of the molecule is CN(Cc1cccs1)c1cc(N)nc(C(C)(C)C)n1. The molecule has 0 spiro atoms. The van der Waals surface area contributed by atoms with Crippen molar-refractivity contribution in [2.75, 3.05) is 17.7 Å². The molecule has 0 bridgehead atoms. The molecule has 0 unspecified atom stereocenters. The van der Waals surface area contributed by atoms with Gasteiger partial charge in [-0.1, -0.05) is 26.8 Å². The van der Waals surface area contributed by atoms with E-state index >= 15 is 0 Å². The maximum absolute atomic E-state index is 5.89. The number of nitrogens with zero attached hydrogens (tertiary/aromatic N) is 3. The van der Waals surface area contributed by atoms with Gasteiger partial charge in [0, 0.05) is 23.4 Å². The summed E-state index contributed by atoms with van der Waals surface area (Å²) in [5.74, 6) is 2.17. The number of aromatic nitrogens is 2. The number of hydrogen-bond acceptors (Lipinski definition) is 5. The van der Waals surface area contributed by atoms with E-state index in [0.29, 0.717) is 5.82 Å². The van der Waals surface area contributed by atoms with Crippen LogP contribution < -0.4 is 10.6 Å². The fourth-order valence-electron chi connectivity index (χ4n) is 1.70. The summed E-state index contributed by atoms with van der Waals surface area (Å²) >= 11 is 1.74. The molecule has 5 heteroatoms. The summed E-state index contributed by atoms with van der Waals surface area (Å²) < 4.78 is 0. The molecule has 0 amide bonds. The third-order valence-electron chi connectivity index (χ3n) is 2.77. The first-order valence-electron chi connectivity index (χ1n) is 6.25. The molecule has 0 saturated heterocycles. The largest absolute Gasteiger partial charge is 0.384 e. The Morgan fingerprint density at radius 3 is 2.63 bits per heavy atom. The summed E-state index contributed by atoms with van der Waals surface area (Å²) in [6.07, 6.45) is 0. The van der Waals surface area contributed by atoms with E-state index in [-0.39, 0.29) is 5.41 Å². The zero-order valence-electron chi connectivity index (χ0n) is 11.8. The molecule has 2 rings (SSSR count). The van der Waals surface area contributed by atoms with Crippen LogP contribution in [0.3, 0.4) is 0 Å². The molecule has 4 nitrogen and oxygen atoms in total. The monoisotopic (exact) mass is 276 g/mol. The standard InChI is InChI=1S/C14H20N4S/c1-14(2,3)13-16-11(15)8-12(17-13)18(4)9-10-6-5-7-19-10/h5-8H,9H2,1-4H3,(H2,15,16,17). The zero-order valence-corrected chi connectivity index (χ0v) is 12.7. The van der Waals surface area contributed by atoms with Gasteiger partial charge in [-0.05, 0) is 11.4 Å². The Morgan fingerprint density at radius 2 is 2.05 bits per heavy atom. The van der Waals surface area contributed by atoms with Crippen molar-refractivity contribution >= 4 is 23.0 Å². The number of nitrogens with two attached hydrogens (primary N) is 1. The number of thiophene rings is 1. The first kappa shape index (κ1) is 13.8. The predicted octanol–water partition coefficient (Wildman–Crippen LogP) is 3.05. The molecule has 19 heavy (non-hydrogen) atoms. The lowest BCUT2D eigenvalue weighted by molar-refractivity contribution is 0.545. The first-order valence-corrected chi connectivity index (χ1v) is 7.13. The molecule has 2 aromatic rings. The third-order valence-corrected chi connectivity index (χ3v) is 3.63. The second-order valence-electron chi connectivity index (χ2n) is 5.66. The second-order valence-corrected chi connectivity index (χ2v) is 6.69. The van der Waals surface area contributed by atoms with Crippen molar-refractivity contribution in [3.63, 3.8) is 0 Å². The first-order chi connectivity index (χ1) is 8.86. The van der Waals surface area contributed by atoms with E-state index in [4.69, 9.17) is 5.73 Å². The van der Waals surface area contributed by atoms with Crippen molar-refractivity contribution in [3.05, 3.63) is 34.3 Å². The van der Waals surface area contributed by atoms with E-state index < -0.39 is 0 Å². The highest BCUT2D eigenvalue weighted by atomic mass is 32.1. The molecule has 0 saturated carbocycles. The van der Waals surface area contributed by atoms with Gasteiger partial charge in [0.15, 0.2) is 0 Å². The van der Waals surface area contributed by atoms with E-state index in [1.807, 2.05) is 13.1 Å². The van der Waals surface area contributed by atoms with Crippen LogP contribution in [-0.4, -0.2) is 17.0 Å². The summed E-state index contributed by atoms with van der Waals surface area (Å²) in [5.41, 5.74) is 5.79. The van der Waals surface area contributed by atoms with Gasteiger partial charge in [-0.3, -0.25) is 0 Å². The lowest BCUT2D eigenvalue weighted by Gasteiger charge is -2.22. The van der Waals surface area contributed by atoms with Gasteiger partial charge in [0.05, 0.1) is 6.54 Å². The van der Waals surface area contributed by atoms with Crippen LogP contribution in [0.15, 0.2) is 23.6 Å². The molecule has 102 valence electrons. The zero-order chi connectivity index (χ0) is 14.0. The van der Waals surface area contributed by atoms with Crippen LogP contribution in [0.25, 0.3) is 0 Å². The minimum atomic E-state index is -0.103. The Balaban J connectivity index is 2.26. The molecular formula is C14H20N4S. The molecule has 0 aromatic carbocycles. The van der Waals surface area contributed by atoms with E-state index in [9.17, 15) is 0 Å². The number of anilines is 2. The molecule has 2 N–H and O–H groups in total. The lowest BCUT2D eigenvalue weighted by atomic mass is 9.96. The Morgan fingerprint density at radius 1 is 1.32 bits per heavy atom. The molecule has 0 aliphatic heterocycles. The smallest absolute Gasteiger partial charge is 0.138 e. The Kier molecular flexibility index (Phi) is 3.75. The molecule has 0 aliphatic carbocycles. The Bertz CT molecular complexity index is 543. The lowest BCUT2D eigenvalue weighted by Crippen LogP contribution is -2.22. The summed E-state index contributed by atoms with van der Waals surface area (Å²) in [4.78, 5) is 12.4. The Labute approximate surface area is 118 Å². The maximum Gasteiger partial charge on any atom is 0.138 e. The fourth-order valence-corrected chi connectivity index (χ4v) is 2.46. The average molecular weight is 276 g/mol. The molecule has 0 aliphatic rings. The Hall–Kier alpha value is -1.62. The summed E-state index contributed by atoms with van der Waals surface area (Å²) in [7, 11) is 2.02. The van der Waals surface area contributed by atoms with E-state index in [1.54, 1.807) is 11.3 Å². The van der Waals surface area contributed by atoms with Gasteiger partial charge in [0.1, 0.15) is 17.5 Å². The molecule has 2 heterocycles. The van der Waals surface area contributed by atoms with E-state index in [2.05, 4.69) is 53.2 Å². The van der Waals surface area contributed by atoms with Gasteiger partial charge in [-0.2, -0.15) is 0 Å². The van der Waals surface area contributed by atoms with Crippen molar-refractivity contribution in [1.82, 2.24) is 9.97 Å². The van der Waals surface area contributed by atoms with Crippen molar-refractivity contribution in [3.8, 4) is 0 Å². The minimum Gasteiger partial charge on any atom is -0.384 e. The van der Waals surface area contributed by atoms with Gasteiger partial charge < -0.3 is 10.6 Å². The van der Waals surface area contributed by atoms with E-state index in [0.717, 1.165) is 18.2 Å². The van der Waals surface area contributed by atoms with Crippen molar-refractivity contribution < 1.29 is 0 Å². The fraction of sp³-hybridized carbons (Fsp3) is 0.429. The van der Waals surface area contributed by atoms with Gasteiger partial charge in [-0.15, -0.1) is 11.3 Å². The van der Waals surface area contributed by atoms with Crippen molar-refractivity contribution in [2.45, 2.75) is 32.7 Å². The summed E-state index contributed by atoms with van der Waals surface area (Å²) in [6.45, 7) is 7.10. The second kappa shape index (κ2) is 5.17. The highest BCUT2D eigenvalue weighted by molar-refractivity contribution is 7.09. The predicted molar refractivity (Wildman–Crippen MR) is 81.6 cm³/mol. The van der Waals surface area contributed by atoms with Crippen LogP contribution in [0.5, 0.6) is 0 Å². The van der Waals surface area contributed by atoms with Gasteiger partial charge in [0.25, 0.3) is 0 Å². The molecule has 0 radical (unpaired) electrons. The summed E-state index contributed by atoms with van der Waals surface area (Å²) in [6, 6.07) is 6.00. The topological polar surface area (TPSA) is 55.0 Å². The van der Waals surface area contributed by atoms with Crippen LogP contribution in [0.2, 0.25) is 0 Å². The van der Waals surface area contributed by atoms with E-state index in [1.165, 1.54) is 4.88 Å². The van der Waals surface area contributed by atoms with Crippen molar-refractivity contribution in [1.29, 1.82) is 0 Å². The number of nitrogen functional groups attached to an aromatic ring is 1. The highest BCUT2D eigenvalue weighted by Gasteiger charge is 2.19.